The fraction of sp³-hybridized carbons (Fsp3) is 0.273. The molecule has 0 unspecified atom stereocenters. The van der Waals surface area contributed by atoms with Crippen LogP contribution in [0, 0.1) is 0 Å². The predicted molar refractivity (Wildman–Crippen MR) is 61.9 cm³/mol. The van der Waals surface area contributed by atoms with Crippen LogP contribution in [0.2, 0.25) is 0 Å². The van der Waals surface area contributed by atoms with E-state index in [2.05, 4.69) is 5.32 Å². The number of hydrogen-bond donors (Lipinski definition) is 2. The van der Waals surface area contributed by atoms with Gasteiger partial charge in [-0.15, -0.1) is 0 Å². The quantitative estimate of drug-likeness (QED) is 0.709. The van der Waals surface area contributed by atoms with Crippen molar-refractivity contribution in [2.75, 3.05) is 6.54 Å². The van der Waals surface area contributed by atoms with Gasteiger partial charge in [-0.05, 0) is 0 Å². The molecule has 0 bridgehead atoms. The summed E-state index contributed by atoms with van der Waals surface area (Å²) in [6, 6.07) is 9.14. The third-order valence-electron chi connectivity index (χ3n) is 2.12. The first-order valence-electron chi connectivity index (χ1n) is 4.92. The van der Waals surface area contributed by atoms with Gasteiger partial charge in [0.2, 0.25) is 0 Å². The summed E-state index contributed by atoms with van der Waals surface area (Å²) in [7, 11) is 0. The van der Waals surface area contributed by atoms with Crippen molar-refractivity contribution >= 4 is 32.2 Å². The maximum absolute atomic E-state index is 11.4. The zero-order chi connectivity index (χ0) is 12.0. The molecule has 0 aliphatic carbocycles. The molecule has 1 aromatic rings. The van der Waals surface area contributed by atoms with E-state index in [9.17, 15) is 9.59 Å². The molecule has 3 N–H and O–H groups in total. The van der Waals surface area contributed by atoms with Crippen LogP contribution >= 0.6 is 0 Å². The normalized spacial score (nSPS) is 11.9. The number of rotatable bonds is 5. The molecular formula is C11H13N2O2Sn. The summed E-state index contributed by atoms with van der Waals surface area (Å²) in [5, 5.41) is 2.62. The molecule has 1 aromatic carbocycles. The van der Waals surface area contributed by atoms with Crippen LogP contribution in [0.15, 0.2) is 30.3 Å². The summed E-state index contributed by atoms with van der Waals surface area (Å²) in [6.45, 7) is -0.0886. The fourth-order valence-electron chi connectivity index (χ4n) is 1.31. The van der Waals surface area contributed by atoms with E-state index in [4.69, 9.17) is 5.73 Å². The monoisotopic (exact) mass is 325 g/mol. The summed E-state index contributed by atoms with van der Waals surface area (Å²) in [5.41, 5.74) is 6.23. The van der Waals surface area contributed by atoms with E-state index in [1.807, 2.05) is 30.3 Å². The minimum absolute atomic E-state index is 0.0258. The first-order chi connectivity index (χ1) is 7.63. The second-order valence-corrected chi connectivity index (χ2v) is 4.78. The molecule has 3 radical (unpaired) electrons. The molecule has 5 heteroatoms. The Morgan fingerprint density at radius 2 is 1.94 bits per heavy atom. The molecule has 0 fully saturated rings. The average molecular weight is 324 g/mol. The molecule has 0 spiro atoms. The Labute approximate surface area is 108 Å². The van der Waals surface area contributed by atoms with Gasteiger partial charge in [0.25, 0.3) is 0 Å². The van der Waals surface area contributed by atoms with Crippen molar-refractivity contribution in [2.24, 2.45) is 5.73 Å². The van der Waals surface area contributed by atoms with Crippen LogP contribution in [0.25, 0.3) is 0 Å². The molecule has 0 saturated carbocycles. The van der Waals surface area contributed by atoms with Crippen molar-refractivity contribution in [1.29, 1.82) is 0 Å². The Morgan fingerprint density at radius 1 is 1.31 bits per heavy atom. The maximum atomic E-state index is 11.4. The van der Waals surface area contributed by atoms with Gasteiger partial charge in [0.05, 0.1) is 0 Å². The number of carbonyl (C=O) groups is 2. The van der Waals surface area contributed by atoms with Crippen LogP contribution in [-0.2, 0) is 16.0 Å². The van der Waals surface area contributed by atoms with Gasteiger partial charge in [0.15, 0.2) is 0 Å². The molecule has 1 amide bonds. The first kappa shape index (κ1) is 13.2. The van der Waals surface area contributed by atoms with E-state index in [-0.39, 0.29) is 16.3 Å². The van der Waals surface area contributed by atoms with Crippen LogP contribution in [0.3, 0.4) is 0 Å². The zero-order valence-electron chi connectivity index (χ0n) is 8.77. The van der Waals surface area contributed by atoms with E-state index < -0.39 is 6.04 Å². The number of amides is 1. The molecule has 1 rings (SSSR count). The molecule has 0 aliphatic rings. The van der Waals surface area contributed by atoms with Crippen molar-refractivity contribution in [3.05, 3.63) is 35.9 Å². The molecule has 0 heterocycles. The predicted octanol–water partition coefficient (Wildman–Crippen LogP) is -0.632. The van der Waals surface area contributed by atoms with Crippen LogP contribution in [0.1, 0.15) is 5.56 Å². The molecule has 0 aliphatic heterocycles. The third-order valence-corrected chi connectivity index (χ3v) is 3.11. The minimum atomic E-state index is -0.448. The van der Waals surface area contributed by atoms with Gasteiger partial charge in [0.1, 0.15) is 0 Å². The number of benzene rings is 1. The van der Waals surface area contributed by atoms with Gasteiger partial charge in [-0.2, -0.15) is 0 Å². The first-order valence-corrected chi connectivity index (χ1v) is 6.35. The van der Waals surface area contributed by atoms with Crippen LogP contribution < -0.4 is 11.1 Å². The Kier molecular flexibility index (Phi) is 5.48. The number of hydrogen-bond acceptors (Lipinski definition) is 3. The van der Waals surface area contributed by atoms with Crippen LogP contribution in [0.5, 0.6) is 0 Å². The summed E-state index contributed by atoms with van der Waals surface area (Å²) in [6.07, 6.45) is 0.524. The van der Waals surface area contributed by atoms with Gasteiger partial charge < -0.3 is 0 Å². The van der Waals surface area contributed by atoms with Crippen LogP contribution in [-0.4, -0.2) is 44.8 Å². The topological polar surface area (TPSA) is 72.2 Å². The Hall–Kier alpha value is -0.881. The van der Waals surface area contributed by atoms with E-state index in [0.717, 1.165) is 28.1 Å². The van der Waals surface area contributed by atoms with Crippen molar-refractivity contribution in [3.63, 3.8) is 0 Å². The molecule has 16 heavy (non-hydrogen) atoms. The summed E-state index contributed by atoms with van der Waals surface area (Å²) in [4.78, 5) is 22.5. The SMILES string of the molecule is NCC(=O)N[C@@H](Cc1ccccc1)[C](=O)[Sn]. The summed E-state index contributed by atoms with van der Waals surface area (Å²) < 4.78 is 0.0258. The van der Waals surface area contributed by atoms with E-state index in [0.29, 0.717) is 6.42 Å². The van der Waals surface area contributed by atoms with Crippen molar-refractivity contribution in [3.8, 4) is 0 Å². The Morgan fingerprint density at radius 3 is 2.44 bits per heavy atom. The van der Waals surface area contributed by atoms with Gasteiger partial charge in [0, 0.05) is 0 Å². The fourth-order valence-corrected chi connectivity index (χ4v) is 1.81. The van der Waals surface area contributed by atoms with Crippen molar-refractivity contribution < 1.29 is 9.59 Å². The zero-order valence-corrected chi connectivity index (χ0v) is 11.6. The summed E-state index contributed by atoms with van der Waals surface area (Å²) in [5.74, 6) is -0.295. The van der Waals surface area contributed by atoms with E-state index >= 15 is 0 Å². The number of nitrogens with two attached hydrogens (primary N) is 1. The third kappa shape index (κ3) is 4.32. The summed E-state index contributed by atoms with van der Waals surface area (Å²) >= 11 is 0.791. The standard InChI is InChI=1S/C11H13N2O2.Sn/c12-7-11(15)13-10(8-14)6-9-4-2-1-3-5-9;/h1-5,10H,6-7,12H2,(H,13,15);/t10-;/m0./s1. The second-order valence-electron chi connectivity index (χ2n) is 3.38. The molecular weight excluding hydrogens is 311 g/mol. The molecule has 0 aromatic heterocycles. The van der Waals surface area contributed by atoms with Crippen molar-refractivity contribution in [1.82, 2.24) is 5.32 Å². The van der Waals surface area contributed by atoms with Crippen LogP contribution in [0.4, 0.5) is 0 Å². The Balaban J connectivity index is 2.65. The van der Waals surface area contributed by atoms with E-state index in [1.54, 1.807) is 0 Å². The van der Waals surface area contributed by atoms with Gasteiger partial charge in [-0.3, -0.25) is 0 Å². The molecule has 0 saturated heterocycles. The Bertz CT molecular complexity index is 368. The number of carbonyl (C=O) groups excluding carboxylic acids is 2. The second kappa shape index (κ2) is 6.65. The molecule has 1 atom stereocenters. The number of nitrogens with one attached hydrogen (secondary N) is 1. The van der Waals surface area contributed by atoms with Gasteiger partial charge in [-0.1, -0.05) is 0 Å². The van der Waals surface area contributed by atoms with Gasteiger partial charge in [-0.25, -0.2) is 0 Å². The van der Waals surface area contributed by atoms with E-state index in [1.165, 1.54) is 0 Å². The molecule has 4 nitrogen and oxygen atoms in total. The average Bonchev–Trinajstić information content (AvgIpc) is 2.29. The van der Waals surface area contributed by atoms with Crippen molar-refractivity contribution in [2.45, 2.75) is 12.5 Å². The van der Waals surface area contributed by atoms with Gasteiger partial charge >= 0.3 is 108 Å². The molecule has 83 valence electrons.